The molecule has 0 aliphatic carbocycles. The number of carbonyl (C=O) groups excluding carboxylic acids is 3. The van der Waals surface area contributed by atoms with Gasteiger partial charge in [0.25, 0.3) is 5.91 Å². The highest BCUT2D eigenvalue weighted by atomic mass is 35.5. The van der Waals surface area contributed by atoms with Crippen LogP contribution in [0, 0.1) is 13.8 Å². The lowest BCUT2D eigenvalue weighted by Gasteiger charge is -2.08. The van der Waals surface area contributed by atoms with Gasteiger partial charge < -0.3 is 14.8 Å². The largest absolute Gasteiger partial charge is 0.465 e. The van der Waals surface area contributed by atoms with Crippen LogP contribution < -0.4 is 5.32 Å². The van der Waals surface area contributed by atoms with E-state index < -0.39 is 24.5 Å². The standard InChI is InChI=1S/C23H22ClN3O5/c1-14-21(24)15(2)27(26-14)19-10-8-18(9-11-19)23(30)32-13-20(28)25-12-16-4-6-17(7-5-16)22(29)31-3/h4-11H,12-13H2,1-3H3,(H,25,28). The van der Waals surface area contributed by atoms with Crippen molar-refractivity contribution in [3.8, 4) is 5.69 Å². The average molecular weight is 456 g/mol. The van der Waals surface area contributed by atoms with Crippen LogP contribution in [0.15, 0.2) is 48.5 Å². The quantitative estimate of drug-likeness (QED) is 0.548. The number of nitrogens with zero attached hydrogens (tertiary/aromatic N) is 2. The van der Waals surface area contributed by atoms with Gasteiger partial charge in [-0.05, 0) is 55.8 Å². The number of nitrogens with one attached hydrogen (secondary N) is 1. The Balaban J connectivity index is 1.50. The zero-order chi connectivity index (χ0) is 23.3. The lowest BCUT2D eigenvalue weighted by atomic mass is 10.1. The molecular formula is C23H22ClN3O5. The zero-order valence-corrected chi connectivity index (χ0v) is 18.6. The molecule has 8 nitrogen and oxygen atoms in total. The number of hydrogen-bond acceptors (Lipinski definition) is 6. The molecule has 0 aliphatic rings. The lowest BCUT2D eigenvalue weighted by molar-refractivity contribution is -0.124. The molecule has 0 saturated heterocycles. The minimum Gasteiger partial charge on any atom is -0.465 e. The number of halogens is 1. The molecule has 0 aliphatic heterocycles. The van der Waals surface area contributed by atoms with E-state index in [1.807, 2.05) is 13.8 Å². The Bertz CT molecular complexity index is 1140. The van der Waals surface area contributed by atoms with Crippen molar-refractivity contribution in [1.82, 2.24) is 15.1 Å². The van der Waals surface area contributed by atoms with Crippen LogP contribution in [-0.4, -0.2) is 41.3 Å². The molecular weight excluding hydrogens is 434 g/mol. The number of hydrogen-bond donors (Lipinski definition) is 1. The van der Waals surface area contributed by atoms with Crippen molar-refractivity contribution in [2.24, 2.45) is 0 Å². The number of ether oxygens (including phenoxy) is 2. The Labute approximate surface area is 190 Å². The van der Waals surface area contributed by atoms with E-state index >= 15 is 0 Å². The molecule has 0 fully saturated rings. The van der Waals surface area contributed by atoms with Crippen LogP contribution >= 0.6 is 11.6 Å². The van der Waals surface area contributed by atoms with Gasteiger partial charge in [-0.25, -0.2) is 14.3 Å². The van der Waals surface area contributed by atoms with Crippen molar-refractivity contribution in [1.29, 1.82) is 0 Å². The maximum atomic E-state index is 12.2. The molecule has 0 spiro atoms. The van der Waals surface area contributed by atoms with Gasteiger partial charge in [0.1, 0.15) is 0 Å². The molecule has 9 heteroatoms. The maximum Gasteiger partial charge on any atom is 0.338 e. The maximum absolute atomic E-state index is 12.2. The normalized spacial score (nSPS) is 10.5. The zero-order valence-electron chi connectivity index (χ0n) is 17.8. The number of methoxy groups -OCH3 is 1. The second-order valence-electron chi connectivity index (χ2n) is 6.98. The van der Waals surface area contributed by atoms with E-state index in [4.69, 9.17) is 16.3 Å². The molecule has 0 unspecified atom stereocenters. The molecule has 0 radical (unpaired) electrons. The first-order valence-electron chi connectivity index (χ1n) is 9.73. The fourth-order valence-corrected chi connectivity index (χ4v) is 3.07. The smallest absolute Gasteiger partial charge is 0.338 e. The van der Waals surface area contributed by atoms with Crippen molar-refractivity contribution < 1.29 is 23.9 Å². The van der Waals surface area contributed by atoms with Crippen LogP contribution in [0.3, 0.4) is 0 Å². The van der Waals surface area contributed by atoms with Crippen molar-refractivity contribution in [2.75, 3.05) is 13.7 Å². The SMILES string of the molecule is COC(=O)c1ccc(CNC(=O)COC(=O)c2ccc(-n3nc(C)c(Cl)c3C)cc2)cc1. The number of aromatic nitrogens is 2. The molecule has 3 rings (SSSR count). The summed E-state index contributed by atoms with van der Waals surface area (Å²) in [5, 5.41) is 7.62. The highest BCUT2D eigenvalue weighted by molar-refractivity contribution is 6.31. The molecule has 0 saturated carbocycles. The Morgan fingerprint density at radius 3 is 2.12 bits per heavy atom. The molecule has 0 bridgehead atoms. The number of rotatable bonds is 7. The summed E-state index contributed by atoms with van der Waals surface area (Å²) in [6.07, 6.45) is 0. The Morgan fingerprint density at radius 2 is 1.56 bits per heavy atom. The first-order valence-corrected chi connectivity index (χ1v) is 10.1. The molecule has 0 atom stereocenters. The van der Waals surface area contributed by atoms with Crippen molar-refractivity contribution in [2.45, 2.75) is 20.4 Å². The van der Waals surface area contributed by atoms with Gasteiger partial charge in [-0.3, -0.25) is 4.79 Å². The fourth-order valence-electron chi connectivity index (χ4n) is 2.96. The van der Waals surface area contributed by atoms with Crippen LogP contribution in [0.5, 0.6) is 0 Å². The van der Waals surface area contributed by atoms with E-state index in [1.54, 1.807) is 53.2 Å². The van der Waals surface area contributed by atoms with Crippen molar-refractivity contribution in [3.63, 3.8) is 0 Å². The monoisotopic (exact) mass is 455 g/mol. The number of amides is 1. The summed E-state index contributed by atoms with van der Waals surface area (Å²) >= 11 is 6.18. The topological polar surface area (TPSA) is 99.5 Å². The van der Waals surface area contributed by atoms with Gasteiger partial charge in [0, 0.05) is 6.54 Å². The molecule has 1 heterocycles. The summed E-state index contributed by atoms with van der Waals surface area (Å²) in [5.41, 5.74) is 3.80. The molecule has 1 aromatic heterocycles. The summed E-state index contributed by atoms with van der Waals surface area (Å²) in [6.45, 7) is 3.50. The van der Waals surface area contributed by atoms with Gasteiger partial charge in [-0.15, -0.1) is 0 Å². The molecule has 3 aromatic rings. The summed E-state index contributed by atoms with van der Waals surface area (Å²) in [4.78, 5) is 35.7. The number of esters is 2. The predicted octanol–water partition coefficient (Wildman–Crippen LogP) is 3.40. The number of benzene rings is 2. The van der Waals surface area contributed by atoms with E-state index in [2.05, 4.69) is 15.2 Å². The van der Waals surface area contributed by atoms with Crippen molar-refractivity contribution >= 4 is 29.4 Å². The minimum absolute atomic E-state index is 0.234. The van der Waals surface area contributed by atoms with Crippen LogP contribution in [0.1, 0.15) is 37.7 Å². The van der Waals surface area contributed by atoms with Gasteiger partial charge in [-0.2, -0.15) is 5.10 Å². The third-order valence-electron chi connectivity index (χ3n) is 4.75. The van der Waals surface area contributed by atoms with Crippen LogP contribution in [0.25, 0.3) is 5.69 Å². The lowest BCUT2D eigenvalue weighted by Crippen LogP contribution is -2.28. The third-order valence-corrected chi connectivity index (χ3v) is 5.30. The fraction of sp³-hybridized carbons (Fsp3) is 0.217. The Hall–Kier alpha value is -3.65. The molecule has 1 N–H and O–H groups in total. The van der Waals surface area contributed by atoms with E-state index in [1.165, 1.54) is 7.11 Å². The van der Waals surface area contributed by atoms with Gasteiger partial charge in [0.05, 0.1) is 40.3 Å². The first-order chi connectivity index (χ1) is 15.3. The summed E-state index contributed by atoms with van der Waals surface area (Å²) in [6, 6.07) is 13.3. The first kappa shape index (κ1) is 23.0. The predicted molar refractivity (Wildman–Crippen MR) is 118 cm³/mol. The van der Waals surface area contributed by atoms with Gasteiger partial charge in [0.2, 0.25) is 0 Å². The Morgan fingerprint density at radius 1 is 0.969 bits per heavy atom. The highest BCUT2D eigenvalue weighted by Crippen LogP contribution is 2.22. The number of aryl methyl sites for hydroxylation is 1. The molecule has 166 valence electrons. The second-order valence-corrected chi connectivity index (χ2v) is 7.36. The van der Waals surface area contributed by atoms with Gasteiger partial charge >= 0.3 is 11.9 Å². The Kier molecular flexibility index (Phi) is 7.27. The van der Waals surface area contributed by atoms with E-state index in [-0.39, 0.29) is 6.54 Å². The number of carbonyl (C=O) groups is 3. The average Bonchev–Trinajstić information content (AvgIpc) is 3.08. The van der Waals surface area contributed by atoms with E-state index in [9.17, 15) is 14.4 Å². The van der Waals surface area contributed by atoms with E-state index in [0.717, 1.165) is 22.6 Å². The highest BCUT2D eigenvalue weighted by Gasteiger charge is 2.13. The van der Waals surface area contributed by atoms with E-state index in [0.29, 0.717) is 16.1 Å². The van der Waals surface area contributed by atoms with Crippen LogP contribution in [-0.2, 0) is 20.8 Å². The van der Waals surface area contributed by atoms with Crippen LogP contribution in [0.2, 0.25) is 5.02 Å². The minimum atomic E-state index is -0.611. The molecule has 32 heavy (non-hydrogen) atoms. The third kappa shape index (κ3) is 5.33. The van der Waals surface area contributed by atoms with Crippen LogP contribution in [0.4, 0.5) is 0 Å². The summed E-state index contributed by atoms with van der Waals surface area (Å²) in [7, 11) is 1.31. The second kappa shape index (κ2) is 10.1. The van der Waals surface area contributed by atoms with Gasteiger partial charge in [0.15, 0.2) is 6.61 Å². The summed E-state index contributed by atoms with van der Waals surface area (Å²) < 4.78 is 11.4. The van der Waals surface area contributed by atoms with Crippen molar-refractivity contribution in [3.05, 3.63) is 81.6 Å². The summed E-state index contributed by atoms with van der Waals surface area (Å²) in [5.74, 6) is -1.48. The van der Waals surface area contributed by atoms with Gasteiger partial charge in [-0.1, -0.05) is 23.7 Å². The molecule has 1 amide bonds. The molecule has 2 aromatic carbocycles.